The lowest BCUT2D eigenvalue weighted by Gasteiger charge is -2.32. The van der Waals surface area contributed by atoms with Gasteiger partial charge in [0.15, 0.2) is 5.76 Å². The van der Waals surface area contributed by atoms with Gasteiger partial charge in [-0.15, -0.1) is 0 Å². The molecule has 5 heteroatoms. The maximum absolute atomic E-state index is 5.89. The highest BCUT2D eigenvalue weighted by Gasteiger charge is 2.19. The average Bonchev–Trinajstić information content (AvgIpc) is 2.91. The van der Waals surface area contributed by atoms with E-state index in [0.29, 0.717) is 6.04 Å². The maximum atomic E-state index is 5.89. The fraction of sp³-hybridized carbons (Fsp3) is 0.400. The fourth-order valence-electron chi connectivity index (χ4n) is 2.46. The zero-order valence-electron chi connectivity index (χ0n) is 11.5. The van der Waals surface area contributed by atoms with Crippen molar-refractivity contribution in [2.75, 3.05) is 19.6 Å². The van der Waals surface area contributed by atoms with Crippen LogP contribution in [0, 0.1) is 0 Å². The average molecular weight is 292 g/mol. The molecule has 1 atom stereocenters. The lowest BCUT2D eigenvalue weighted by Crippen LogP contribution is -2.49. The quantitative estimate of drug-likeness (QED) is 0.944. The van der Waals surface area contributed by atoms with Crippen molar-refractivity contribution in [3.8, 4) is 11.3 Å². The highest BCUT2D eigenvalue weighted by Crippen LogP contribution is 2.22. The zero-order chi connectivity index (χ0) is 13.9. The van der Waals surface area contributed by atoms with E-state index in [9.17, 15) is 0 Å². The molecule has 1 N–H and O–H groups in total. The van der Waals surface area contributed by atoms with E-state index in [0.717, 1.165) is 48.2 Å². The number of hydrogen-bond acceptors (Lipinski definition) is 4. The van der Waals surface area contributed by atoms with E-state index in [2.05, 4.69) is 22.3 Å². The van der Waals surface area contributed by atoms with Crippen LogP contribution in [-0.2, 0) is 6.54 Å². The van der Waals surface area contributed by atoms with Crippen molar-refractivity contribution in [2.24, 2.45) is 0 Å². The van der Waals surface area contributed by atoms with Crippen LogP contribution in [0.1, 0.15) is 12.7 Å². The summed E-state index contributed by atoms with van der Waals surface area (Å²) in [5.74, 6) is 0.906. The normalized spacial score (nSPS) is 20.2. The first kappa shape index (κ1) is 13.6. The van der Waals surface area contributed by atoms with Gasteiger partial charge in [-0.25, -0.2) is 0 Å². The van der Waals surface area contributed by atoms with E-state index in [-0.39, 0.29) is 0 Å². The molecule has 1 saturated heterocycles. The van der Waals surface area contributed by atoms with E-state index in [1.807, 2.05) is 30.3 Å². The highest BCUT2D eigenvalue weighted by atomic mass is 35.5. The molecule has 0 aliphatic carbocycles. The molecule has 1 aliphatic rings. The van der Waals surface area contributed by atoms with Crippen LogP contribution >= 0.6 is 11.6 Å². The van der Waals surface area contributed by atoms with E-state index in [4.69, 9.17) is 16.1 Å². The Hall–Kier alpha value is -1.36. The van der Waals surface area contributed by atoms with Crippen molar-refractivity contribution in [3.63, 3.8) is 0 Å². The Bertz CT molecular complexity index is 567. The maximum Gasteiger partial charge on any atom is 0.151 e. The van der Waals surface area contributed by atoms with Gasteiger partial charge in [-0.3, -0.25) is 4.90 Å². The molecule has 0 spiro atoms. The molecule has 2 heterocycles. The predicted octanol–water partition coefficient (Wildman–Crippen LogP) is 2.79. The Morgan fingerprint density at radius 3 is 2.95 bits per heavy atom. The van der Waals surface area contributed by atoms with E-state index < -0.39 is 0 Å². The second kappa shape index (κ2) is 5.95. The molecule has 0 unspecified atom stereocenters. The number of rotatable bonds is 3. The standard InChI is InChI=1S/C15H18ClN3O/c1-11-9-17-6-7-19(11)10-14-8-15(18-20-14)12-2-4-13(16)5-3-12/h2-5,8,11,17H,6-7,9-10H2,1H3/t11-/m0/s1. The Kier molecular flexibility index (Phi) is 4.05. The Morgan fingerprint density at radius 2 is 2.20 bits per heavy atom. The summed E-state index contributed by atoms with van der Waals surface area (Å²) < 4.78 is 5.46. The Labute approximate surface area is 123 Å². The van der Waals surface area contributed by atoms with Gasteiger partial charge in [0.25, 0.3) is 0 Å². The topological polar surface area (TPSA) is 41.3 Å². The molecule has 1 aliphatic heterocycles. The second-order valence-corrected chi connectivity index (χ2v) is 5.65. The molecule has 106 valence electrons. The molecular formula is C15H18ClN3O. The van der Waals surface area contributed by atoms with E-state index in [1.165, 1.54) is 0 Å². The van der Waals surface area contributed by atoms with Gasteiger partial charge in [0.2, 0.25) is 0 Å². The number of aromatic nitrogens is 1. The van der Waals surface area contributed by atoms with Gasteiger partial charge in [-0.1, -0.05) is 28.9 Å². The minimum atomic E-state index is 0.521. The van der Waals surface area contributed by atoms with Crippen LogP contribution in [0.2, 0.25) is 5.02 Å². The third kappa shape index (κ3) is 3.03. The molecular weight excluding hydrogens is 274 g/mol. The van der Waals surface area contributed by atoms with E-state index >= 15 is 0 Å². The van der Waals surface area contributed by atoms with Crippen LogP contribution in [0.4, 0.5) is 0 Å². The molecule has 2 aromatic rings. The molecule has 4 nitrogen and oxygen atoms in total. The summed E-state index contributed by atoms with van der Waals surface area (Å²) in [4.78, 5) is 2.41. The van der Waals surface area contributed by atoms with Gasteiger partial charge in [-0.2, -0.15) is 0 Å². The van der Waals surface area contributed by atoms with Crippen LogP contribution in [-0.4, -0.2) is 35.7 Å². The Balaban J connectivity index is 1.71. The van der Waals surface area contributed by atoms with Crippen LogP contribution < -0.4 is 5.32 Å². The monoisotopic (exact) mass is 291 g/mol. The first-order valence-corrected chi connectivity index (χ1v) is 7.26. The smallest absolute Gasteiger partial charge is 0.151 e. The first-order valence-electron chi connectivity index (χ1n) is 6.88. The van der Waals surface area contributed by atoms with Crippen LogP contribution in [0.25, 0.3) is 11.3 Å². The number of hydrogen-bond donors (Lipinski definition) is 1. The van der Waals surface area contributed by atoms with Crippen molar-refractivity contribution in [2.45, 2.75) is 19.5 Å². The lowest BCUT2D eigenvalue weighted by molar-refractivity contribution is 0.149. The minimum Gasteiger partial charge on any atom is -0.359 e. The van der Waals surface area contributed by atoms with Gasteiger partial charge in [0.1, 0.15) is 5.69 Å². The van der Waals surface area contributed by atoms with E-state index in [1.54, 1.807) is 0 Å². The summed E-state index contributed by atoms with van der Waals surface area (Å²) in [5, 5.41) is 8.26. The number of nitrogens with one attached hydrogen (secondary N) is 1. The van der Waals surface area contributed by atoms with Gasteiger partial charge in [0, 0.05) is 42.3 Å². The number of benzene rings is 1. The molecule has 1 aromatic heterocycles. The number of nitrogens with zero attached hydrogens (tertiary/aromatic N) is 2. The summed E-state index contributed by atoms with van der Waals surface area (Å²) >= 11 is 5.89. The molecule has 0 bridgehead atoms. The van der Waals surface area contributed by atoms with Gasteiger partial charge in [0.05, 0.1) is 6.54 Å². The molecule has 1 aromatic carbocycles. The zero-order valence-corrected chi connectivity index (χ0v) is 12.2. The largest absolute Gasteiger partial charge is 0.359 e. The van der Waals surface area contributed by atoms with Crippen molar-refractivity contribution >= 4 is 11.6 Å². The Morgan fingerprint density at radius 1 is 1.40 bits per heavy atom. The summed E-state index contributed by atoms with van der Waals surface area (Å²) in [6.07, 6.45) is 0. The molecule has 20 heavy (non-hydrogen) atoms. The summed E-state index contributed by atoms with van der Waals surface area (Å²) in [6, 6.07) is 10.2. The predicted molar refractivity (Wildman–Crippen MR) is 79.7 cm³/mol. The van der Waals surface area contributed by atoms with Crippen molar-refractivity contribution < 1.29 is 4.52 Å². The van der Waals surface area contributed by atoms with Gasteiger partial charge < -0.3 is 9.84 Å². The number of halogens is 1. The third-order valence-corrected chi connectivity index (χ3v) is 3.95. The molecule has 0 amide bonds. The van der Waals surface area contributed by atoms with Crippen LogP contribution in [0.5, 0.6) is 0 Å². The van der Waals surface area contributed by atoms with Crippen molar-refractivity contribution in [3.05, 3.63) is 41.1 Å². The van der Waals surface area contributed by atoms with Gasteiger partial charge >= 0.3 is 0 Å². The fourth-order valence-corrected chi connectivity index (χ4v) is 2.59. The SMILES string of the molecule is C[C@H]1CNCCN1Cc1cc(-c2ccc(Cl)cc2)no1. The highest BCUT2D eigenvalue weighted by molar-refractivity contribution is 6.30. The summed E-state index contributed by atoms with van der Waals surface area (Å²) in [6.45, 7) is 6.13. The molecule has 0 radical (unpaired) electrons. The second-order valence-electron chi connectivity index (χ2n) is 5.21. The lowest BCUT2D eigenvalue weighted by atomic mass is 10.1. The van der Waals surface area contributed by atoms with Crippen molar-refractivity contribution in [1.29, 1.82) is 0 Å². The van der Waals surface area contributed by atoms with Gasteiger partial charge in [-0.05, 0) is 19.1 Å². The third-order valence-electron chi connectivity index (χ3n) is 3.70. The number of piperazine rings is 1. The first-order chi connectivity index (χ1) is 9.72. The van der Waals surface area contributed by atoms with Crippen molar-refractivity contribution in [1.82, 2.24) is 15.4 Å². The molecule has 3 rings (SSSR count). The summed E-state index contributed by atoms with van der Waals surface area (Å²) in [7, 11) is 0. The minimum absolute atomic E-state index is 0.521. The van der Waals surface area contributed by atoms with Crippen LogP contribution in [0.3, 0.4) is 0 Å². The van der Waals surface area contributed by atoms with Crippen LogP contribution in [0.15, 0.2) is 34.9 Å². The molecule has 0 saturated carbocycles. The summed E-state index contributed by atoms with van der Waals surface area (Å²) in [5.41, 5.74) is 1.89. The molecule has 1 fully saturated rings.